The SMILES string of the molecule is C=CCN(C/C=C/CCCCCO)C(=O)C(=C)C. The van der Waals surface area contributed by atoms with Crippen LogP contribution in [0.15, 0.2) is 37.0 Å². The van der Waals surface area contributed by atoms with Crippen LogP contribution < -0.4 is 0 Å². The zero-order valence-corrected chi connectivity index (χ0v) is 11.4. The van der Waals surface area contributed by atoms with Gasteiger partial charge in [-0.05, 0) is 26.2 Å². The molecule has 1 amide bonds. The average molecular weight is 251 g/mol. The zero-order valence-electron chi connectivity index (χ0n) is 11.4. The molecular weight excluding hydrogens is 226 g/mol. The minimum absolute atomic E-state index is 0.0279. The number of unbranched alkanes of at least 4 members (excludes halogenated alkanes) is 3. The fourth-order valence-electron chi connectivity index (χ4n) is 1.54. The second-order valence-electron chi connectivity index (χ2n) is 4.32. The van der Waals surface area contributed by atoms with Crippen LogP contribution in [0, 0.1) is 0 Å². The lowest BCUT2D eigenvalue weighted by molar-refractivity contribution is -0.126. The van der Waals surface area contributed by atoms with E-state index in [9.17, 15) is 4.79 Å². The molecule has 0 heterocycles. The van der Waals surface area contributed by atoms with Crippen molar-refractivity contribution in [1.82, 2.24) is 4.90 Å². The Morgan fingerprint density at radius 2 is 1.94 bits per heavy atom. The van der Waals surface area contributed by atoms with Crippen LogP contribution in [0.2, 0.25) is 0 Å². The molecule has 0 aliphatic rings. The van der Waals surface area contributed by atoms with Gasteiger partial charge in [-0.1, -0.05) is 31.2 Å². The summed E-state index contributed by atoms with van der Waals surface area (Å²) in [5.41, 5.74) is 0.549. The molecule has 0 unspecified atom stereocenters. The molecule has 0 aromatic rings. The van der Waals surface area contributed by atoms with Gasteiger partial charge in [-0.25, -0.2) is 0 Å². The second kappa shape index (κ2) is 10.8. The van der Waals surface area contributed by atoms with E-state index in [4.69, 9.17) is 5.11 Å². The normalized spacial score (nSPS) is 10.6. The molecule has 3 heteroatoms. The first-order chi connectivity index (χ1) is 8.63. The van der Waals surface area contributed by atoms with E-state index >= 15 is 0 Å². The Hall–Kier alpha value is -1.35. The van der Waals surface area contributed by atoms with Gasteiger partial charge in [-0.15, -0.1) is 6.58 Å². The third kappa shape index (κ3) is 7.85. The molecule has 3 nitrogen and oxygen atoms in total. The molecule has 0 aromatic carbocycles. The Morgan fingerprint density at radius 3 is 2.50 bits per heavy atom. The van der Waals surface area contributed by atoms with Gasteiger partial charge in [0.15, 0.2) is 0 Å². The number of carbonyl (C=O) groups is 1. The summed E-state index contributed by atoms with van der Waals surface area (Å²) in [6.45, 7) is 10.4. The number of aliphatic hydroxyl groups is 1. The first kappa shape index (κ1) is 16.6. The van der Waals surface area contributed by atoms with E-state index in [1.165, 1.54) is 0 Å². The number of amides is 1. The summed E-state index contributed by atoms with van der Waals surface area (Å²) in [6.07, 6.45) is 9.78. The predicted octanol–water partition coefficient (Wildman–Crippen LogP) is 2.69. The molecule has 102 valence electrons. The highest BCUT2D eigenvalue weighted by Gasteiger charge is 2.10. The van der Waals surface area contributed by atoms with E-state index in [1.54, 1.807) is 17.9 Å². The number of nitrogens with zero attached hydrogens (tertiary/aromatic N) is 1. The van der Waals surface area contributed by atoms with Gasteiger partial charge < -0.3 is 10.0 Å². The van der Waals surface area contributed by atoms with Crippen molar-refractivity contribution in [3.05, 3.63) is 37.0 Å². The van der Waals surface area contributed by atoms with Crippen LogP contribution in [-0.2, 0) is 4.79 Å². The van der Waals surface area contributed by atoms with Gasteiger partial charge in [0.1, 0.15) is 0 Å². The molecule has 0 fully saturated rings. The molecule has 0 aliphatic heterocycles. The summed E-state index contributed by atoms with van der Waals surface area (Å²) < 4.78 is 0. The summed E-state index contributed by atoms with van der Waals surface area (Å²) in [4.78, 5) is 13.5. The minimum atomic E-state index is -0.0279. The monoisotopic (exact) mass is 251 g/mol. The molecule has 0 aromatic heterocycles. The topological polar surface area (TPSA) is 40.5 Å². The van der Waals surface area contributed by atoms with E-state index in [0.717, 1.165) is 25.7 Å². The van der Waals surface area contributed by atoms with E-state index in [1.807, 2.05) is 6.08 Å². The van der Waals surface area contributed by atoms with Crippen LogP contribution >= 0.6 is 0 Å². The first-order valence-electron chi connectivity index (χ1n) is 6.45. The maximum absolute atomic E-state index is 11.8. The smallest absolute Gasteiger partial charge is 0.249 e. The summed E-state index contributed by atoms with van der Waals surface area (Å²) in [5.74, 6) is -0.0279. The molecule has 0 aliphatic carbocycles. The van der Waals surface area contributed by atoms with Crippen molar-refractivity contribution in [3.8, 4) is 0 Å². The number of allylic oxidation sites excluding steroid dienone is 1. The minimum Gasteiger partial charge on any atom is -0.396 e. The van der Waals surface area contributed by atoms with Gasteiger partial charge in [0.05, 0.1) is 0 Å². The highest BCUT2D eigenvalue weighted by Crippen LogP contribution is 2.02. The van der Waals surface area contributed by atoms with Gasteiger partial charge in [-0.2, -0.15) is 0 Å². The summed E-state index contributed by atoms with van der Waals surface area (Å²) >= 11 is 0. The Balaban J connectivity index is 3.96. The van der Waals surface area contributed by atoms with Crippen molar-refractivity contribution in [2.45, 2.75) is 32.6 Å². The predicted molar refractivity (Wildman–Crippen MR) is 76.3 cm³/mol. The summed E-state index contributed by atoms with van der Waals surface area (Å²) in [5, 5.41) is 8.63. The van der Waals surface area contributed by atoms with E-state index in [0.29, 0.717) is 18.7 Å². The van der Waals surface area contributed by atoms with Crippen LogP contribution in [0.3, 0.4) is 0 Å². The number of hydrogen-bond acceptors (Lipinski definition) is 2. The third-order valence-corrected chi connectivity index (χ3v) is 2.52. The van der Waals surface area contributed by atoms with E-state index in [2.05, 4.69) is 19.2 Å². The Morgan fingerprint density at radius 1 is 1.22 bits per heavy atom. The molecule has 0 saturated carbocycles. The van der Waals surface area contributed by atoms with Crippen molar-refractivity contribution in [2.75, 3.05) is 19.7 Å². The van der Waals surface area contributed by atoms with Crippen LogP contribution in [0.25, 0.3) is 0 Å². The van der Waals surface area contributed by atoms with Crippen LogP contribution in [0.4, 0.5) is 0 Å². The maximum atomic E-state index is 11.8. The lowest BCUT2D eigenvalue weighted by Crippen LogP contribution is -2.31. The van der Waals surface area contributed by atoms with Crippen molar-refractivity contribution in [2.24, 2.45) is 0 Å². The molecule has 0 saturated heterocycles. The van der Waals surface area contributed by atoms with Gasteiger partial charge in [0.25, 0.3) is 0 Å². The van der Waals surface area contributed by atoms with Crippen molar-refractivity contribution in [3.63, 3.8) is 0 Å². The third-order valence-electron chi connectivity index (χ3n) is 2.52. The molecule has 0 radical (unpaired) electrons. The lowest BCUT2D eigenvalue weighted by Gasteiger charge is -2.19. The summed E-state index contributed by atoms with van der Waals surface area (Å²) in [7, 11) is 0. The molecule has 0 rings (SSSR count). The number of aliphatic hydroxyl groups excluding tert-OH is 1. The molecule has 18 heavy (non-hydrogen) atoms. The first-order valence-corrected chi connectivity index (χ1v) is 6.45. The van der Waals surface area contributed by atoms with Crippen molar-refractivity contribution in [1.29, 1.82) is 0 Å². The maximum Gasteiger partial charge on any atom is 0.249 e. The van der Waals surface area contributed by atoms with Crippen LogP contribution in [-0.4, -0.2) is 35.6 Å². The molecule has 0 bridgehead atoms. The van der Waals surface area contributed by atoms with Gasteiger partial charge >= 0.3 is 0 Å². The van der Waals surface area contributed by atoms with Crippen LogP contribution in [0.1, 0.15) is 32.6 Å². The fourth-order valence-corrected chi connectivity index (χ4v) is 1.54. The largest absolute Gasteiger partial charge is 0.396 e. The standard InChI is InChI=1S/C15H25NO2/c1-4-11-16(15(18)14(2)3)12-9-7-5-6-8-10-13-17/h4,7,9,17H,1-2,5-6,8,10-13H2,3H3/b9-7+. The zero-order chi connectivity index (χ0) is 13.8. The number of carbonyl (C=O) groups excluding carboxylic acids is 1. The van der Waals surface area contributed by atoms with Gasteiger partial charge in [-0.3, -0.25) is 4.79 Å². The number of hydrogen-bond donors (Lipinski definition) is 1. The molecule has 0 atom stereocenters. The molecule has 1 N–H and O–H groups in total. The fraction of sp³-hybridized carbons (Fsp3) is 0.533. The Kier molecular flexibility index (Phi) is 9.97. The highest BCUT2D eigenvalue weighted by atomic mass is 16.2. The lowest BCUT2D eigenvalue weighted by atomic mass is 10.2. The Bertz CT molecular complexity index is 295. The van der Waals surface area contributed by atoms with Crippen molar-refractivity contribution < 1.29 is 9.90 Å². The van der Waals surface area contributed by atoms with Crippen molar-refractivity contribution >= 4 is 5.91 Å². The Labute approximate surface area is 110 Å². The van der Waals surface area contributed by atoms with E-state index < -0.39 is 0 Å². The second-order valence-corrected chi connectivity index (χ2v) is 4.32. The molecular formula is C15H25NO2. The average Bonchev–Trinajstić information content (AvgIpc) is 2.35. The summed E-state index contributed by atoms with van der Waals surface area (Å²) in [6, 6.07) is 0. The van der Waals surface area contributed by atoms with E-state index in [-0.39, 0.29) is 12.5 Å². The quantitative estimate of drug-likeness (QED) is 0.368. The van der Waals surface area contributed by atoms with Gasteiger partial charge in [0.2, 0.25) is 5.91 Å². The van der Waals surface area contributed by atoms with Gasteiger partial charge in [0, 0.05) is 25.3 Å². The van der Waals surface area contributed by atoms with Crippen LogP contribution in [0.5, 0.6) is 0 Å². The molecule has 0 spiro atoms. The number of rotatable bonds is 10. The highest BCUT2D eigenvalue weighted by molar-refractivity contribution is 5.92.